The predicted molar refractivity (Wildman–Crippen MR) is 100 cm³/mol. The minimum Gasteiger partial charge on any atom is -0.494 e. The molecule has 2 aromatic carbocycles. The zero-order valence-corrected chi connectivity index (χ0v) is 15.6. The van der Waals surface area contributed by atoms with Crippen LogP contribution in [0, 0.1) is 6.92 Å². The van der Waals surface area contributed by atoms with E-state index in [1.54, 1.807) is 25.1 Å². The molecule has 0 atom stereocenters. The number of hydrogen-bond donors (Lipinski definition) is 3. The number of ether oxygens (including phenoxy) is 3. The number of amides is 2. The Labute approximate surface area is 157 Å². The summed E-state index contributed by atoms with van der Waals surface area (Å²) >= 11 is 0. The lowest BCUT2D eigenvalue weighted by molar-refractivity contribution is 0.0697. The van der Waals surface area contributed by atoms with Crippen LogP contribution < -0.4 is 24.8 Å². The topological polar surface area (TPSA) is 106 Å². The first kappa shape index (κ1) is 19.9. The number of carboxylic acid groups (broad SMARTS) is 1. The van der Waals surface area contributed by atoms with Crippen LogP contribution in [-0.2, 0) is 6.54 Å². The summed E-state index contributed by atoms with van der Waals surface area (Å²) in [7, 11) is 4.54. The van der Waals surface area contributed by atoms with Crippen molar-refractivity contribution in [3.8, 4) is 17.2 Å². The largest absolute Gasteiger partial charge is 0.494 e. The van der Waals surface area contributed by atoms with E-state index in [0.717, 1.165) is 5.56 Å². The smallest absolute Gasteiger partial charge is 0.335 e. The molecule has 0 bridgehead atoms. The lowest BCUT2D eigenvalue weighted by Gasteiger charge is -2.18. The predicted octanol–water partition coefficient (Wildman–Crippen LogP) is 3.04. The molecule has 0 aromatic heterocycles. The van der Waals surface area contributed by atoms with Crippen LogP contribution in [0.5, 0.6) is 17.2 Å². The number of urea groups is 1. The van der Waals surface area contributed by atoms with Crippen molar-refractivity contribution in [2.45, 2.75) is 13.5 Å². The number of carboxylic acids is 1. The van der Waals surface area contributed by atoms with Crippen LogP contribution in [-0.4, -0.2) is 38.4 Å². The zero-order chi connectivity index (χ0) is 20.0. The Morgan fingerprint density at radius 2 is 1.63 bits per heavy atom. The molecular weight excluding hydrogens is 352 g/mol. The molecule has 2 aromatic rings. The first-order valence-electron chi connectivity index (χ1n) is 8.07. The minimum atomic E-state index is -0.997. The number of hydrogen-bond acceptors (Lipinski definition) is 5. The highest BCUT2D eigenvalue weighted by Gasteiger charge is 2.18. The Bertz CT molecular complexity index is 833. The fraction of sp³-hybridized carbons (Fsp3) is 0.263. The second-order valence-electron chi connectivity index (χ2n) is 5.63. The van der Waals surface area contributed by atoms with Crippen molar-refractivity contribution in [2.24, 2.45) is 0 Å². The molecule has 0 fully saturated rings. The molecule has 2 rings (SSSR count). The van der Waals surface area contributed by atoms with Crippen molar-refractivity contribution in [1.29, 1.82) is 0 Å². The standard InChI is InChI=1S/C19H22N2O6/c1-11-16(26-3)14(9-15(25-2)17(11)27-4)21-19(24)20-10-12-5-7-13(8-6-12)18(22)23/h5-9H,10H2,1-4H3,(H,22,23)(H2,20,21,24). The van der Waals surface area contributed by atoms with E-state index >= 15 is 0 Å². The minimum absolute atomic E-state index is 0.189. The number of anilines is 1. The van der Waals surface area contributed by atoms with E-state index in [1.807, 2.05) is 0 Å². The van der Waals surface area contributed by atoms with E-state index in [0.29, 0.717) is 28.5 Å². The van der Waals surface area contributed by atoms with E-state index < -0.39 is 12.0 Å². The molecule has 0 saturated heterocycles. The first-order chi connectivity index (χ1) is 12.9. The molecule has 0 saturated carbocycles. The molecule has 8 heteroatoms. The van der Waals surface area contributed by atoms with Gasteiger partial charge in [-0.3, -0.25) is 0 Å². The average Bonchev–Trinajstić information content (AvgIpc) is 2.66. The Morgan fingerprint density at radius 1 is 1.00 bits per heavy atom. The molecule has 27 heavy (non-hydrogen) atoms. The number of methoxy groups -OCH3 is 3. The molecule has 0 radical (unpaired) electrons. The maximum absolute atomic E-state index is 12.3. The van der Waals surface area contributed by atoms with Gasteiger partial charge in [-0.05, 0) is 24.6 Å². The van der Waals surface area contributed by atoms with Crippen LogP contribution in [0.2, 0.25) is 0 Å². The Hall–Kier alpha value is -3.42. The summed E-state index contributed by atoms with van der Waals surface area (Å²) in [5.41, 5.74) is 2.09. The van der Waals surface area contributed by atoms with Gasteiger partial charge in [-0.2, -0.15) is 0 Å². The van der Waals surface area contributed by atoms with Gasteiger partial charge in [0.2, 0.25) is 0 Å². The van der Waals surface area contributed by atoms with Crippen molar-refractivity contribution in [3.05, 3.63) is 47.0 Å². The van der Waals surface area contributed by atoms with Gasteiger partial charge in [0.1, 0.15) is 5.75 Å². The van der Waals surface area contributed by atoms with Crippen molar-refractivity contribution in [3.63, 3.8) is 0 Å². The first-order valence-corrected chi connectivity index (χ1v) is 8.07. The third kappa shape index (κ3) is 4.60. The number of aromatic carboxylic acids is 1. The van der Waals surface area contributed by atoms with E-state index in [1.165, 1.54) is 33.5 Å². The Balaban J connectivity index is 2.10. The molecule has 144 valence electrons. The van der Waals surface area contributed by atoms with E-state index in [9.17, 15) is 9.59 Å². The third-order valence-corrected chi connectivity index (χ3v) is 3.96. The molecule has 8 nitrogen and oxygen atoms in total. The highest BCUT2D eigenvalue weighted by atomic mass is 16.5. The van der Waals surface area contributed by atoms with Gasteiger partial charge in [-0.15, -0.1) is 0 Å². The Kier molecular flexibility index (Phi) is 6.48. The lowest BCUT2D eigenvalue weighted by atomic mass is 10.1. The molecular formula is C19H22N2O6. The SMILES string of the molecule is COc1cc(NC(=O)NCc2ccc(C(=O)O)cc2)c(OC)c(C)c1OC. The zero-order valence-electron chi connectivity index (χ0n) is 15.6. The molecule has 0 aliphatic heterocycles. The second kappa shape index (κ2) is 8.79. The molecule has 3 N–H and O–H groups in total. The van der Waals surface area contributed by atoms with Gasteiger partial charge in [0, 0.05) is 18.2 Å². The summed E-state index contributed by atoms with van der Waals surface area (Å²) in [5, 5.41) is 14.3. The summed E-state index contributed by atoms with van der Waals surface area (Å²) in [6.45, 7) is 2.04. The molecule has 2 amide bonds. The second-order valence-corrected chi connectivity index (χ2v) is 5.63. The van der Waals surface area contributed by atoms with Crippen molar-refractivity contribution >= 4 is 17.7 Å². The van der Waals surface area contributed by atoms with Gasteiger partial charge in [0.15, 0.2) is 11.5 Å². The van der Waals surface area contributed by atoms with Crippen LogP contribution in [0.1, 0.15) is 21.5 Å². The van der Waals surface area contributed by atoms with Crippen molar-refractivity contribution in [2.75, 3.05) is 26.6 Å². The van der Waals surface area contributed by atoms with Gasteiger partial charge in [-0.1, -0.05) is 12.1 Å². The number of carbonyl (C=O) groups is 2. The van der Waals surface area contributed by atoms with Crippen LogP contribution in [0.3, 0.4) is 0 Å². The highest BCUT2D eigenvalue weighted by Crippen LogP contribution is 2.42. The summed E-state index contributed by atoms with van der Waals surface area (Å²) in [4.78, 5) is 23.1. The van der Waals surface area contributed by atoms with Crippen molar-refractivity contribution in [1.82, 2.24) is 5.32 Å². The van der Waals surface area contributed by atoms with Gasteiger partial charge < -0.3 is 30.0 Å². The van der Waals surface area contributed by atoms with Crippen LogP contribution >= 0.6 is 0 Å². The van der Waals surface area contributed by atoms with Crippen LogP contribution in [0.15, 0.2) is 30.3 Å². The molecule has 0 aliphatic carbocycles. The maximum Gasteiger partial charge on any atom is 0.335 e. The summed E-state index contributed by atoms with van der Waals surface area (Å²) in [5.74, 6) is 0.464. The van der Waals surface area contributed by atoms with Crippen molar-refractivity contribution < 1.29 is 28.9 Å². The van der Waals surface area contributed by atoms with E-state index in [4.69, 9.17) is 19.3 Å². The van der Waals surface area contributed by atoms with Gasteiger partial charge in [-0.25, -0.2) is 9.59 Å². The number of rotatable bonds is 7. The Morgan fingerprint density at radius 3 is 2.15 bits per heavy atom. The normalized spacial score (nSPS) is 10.1. The quantitative estimate of drug-likeness (QED) is 0.688. The number of carbonyl (C=O) groups excluding carboxylic acids is 1. The number of benzene rings is 2. The monoisotopic (exact) mass is 374 g/mol. The third-order valence-electron chi connectivity index (χ3n) is 3.96. The van der Waals surface area contributed by atoms with Gasteiger partial charge in [0.05, 0.1) is 32.6 Å². The summed E-state index contributed by atoms with van der Waals surface area (Å²) < 4.78 is 16.0. The highest BCUT2D eigenvalue weighted by molar-refractivity contribution is 5.92. The van der Waals surface area contributed by atoms with Crippen LogP contribution in [0.4, 0.5) is 10.5 Å². The summed E-state index contributed by atoms with van der Waals surface area (Å²) in [6, 6.07) is 7.43. The summed E-state index contributed by atoms with van der Waals surface area (Å²) in [6.07, 6.45) is 0. The molecule has 0 spiro atoms. The van der Waals surface area contributed by atoms with Gasteiger partial charge >= 0.3 is 12.0 Å². The van der Waals surface area contributed by atoms with E-state index in [2.05, 4.69) is 10.6 Å². The number of nitrogens with one attached hydrogen (secondary N) is 2. The lowest BCUT2D eigenvalue weighted by Crippen LogP contribution is -2.28. The average molecular weight is 374 g/mol. The maximum atomic E-state index is 12.3. The van der Waals surface area contributed by atoms with E-state index in [-0.39, 0.29) is 12.1 Å². The molecule has 0 unspecified atom stereocenters. The fourth-order valence-electron chi connectivity index (χ4n) is 2.63. The molecule has 0 heterocycles. The van der Waals surface area contributed by atoms with Gasteiger partial charge in [0.25, 0.3) is 0 Å². The molecule has 0 aliphatic rings. The van der Waals surface area contributed by atoms with Crippen LogP contribution in [0.25, 0.3) is 0 Å². The fourth-order valence-corrected chi connectivity index (χ4v) is 2.63.